The minimum atomic E-state index is 0.562. The third-order valence-electron chi connectivity index (χ3n) is 5.14. The van der Waals surface area contributed by atoms with Gasteiger partial charge in [-0.25, -0.2) is 4.99 Å². The molecule has 1 spiro atoms. The van der Waals surface area contributed by atoms with Crippen LogP contribution in [0.3, 0.4) is 0 Å². The summed E-state index contributed by atoms with van der Waals surface area (Å²) in [7, 11) is 0. The Morgan fingerprint density at radius 2 is 2.22 bits per heavy atom. The zero-order chi connectivity index (χ0) is 16.1. The van der Waals surface area contributed by atoms with Crippen LogP contribution >= 0.6 is 0 Å². The minimum Gasteiger partial charge on any atom is -0.469 e. The maximum atomic E-state index is 5.41. The van der Waals surface area contributed by atoms with Crippen LogP contribution in [0.25, 0.3) is 0 Å². The molecule has 0 aromatic carbocycles. The summed E-state index contributed by atoms with van der Waals surface area (Å²) >= 11 is 0. The molecule has 2 heterocycles. The van der Waals surface area contributed by atoms with Gasteiger partial charge in [0.1, 0.15) is 5.76 Å². The Morgan fingerprint density at radius 1 is 1.39 bits per heavy atom. The predicted molar refractivity (Wildman–Crippen MR) is 94.6 cm³/mol. The topological polar surface area (TPSA) is 40.8 Å². The summed E-state index contributed by atoms with van der Waals surface area (Å²) in [6.07, 6.45) is 9.52. The van der Waals surface area contributed by atoms with Crippen LogP contribution in [0.4, 0.5) is 0 Å². The van der Waals surface area contributed by atoms with E-state index in [1.54, 1.807) is 6.26 Å². The molecule has 0 unspecified atom stereocenters. The normalized spacial score (nSPS) is 20.4. The lowest BCUT2D eigenvalue weighted by Crippen LogP contribution is -2.42. The first-order chi connectivity index (χ1) is 11.2. The maximum Gasteiger partial charge on any atom is 0.194 e. The van der Waals surface area contributed by atoms with Gasteiger partial charge < -0.3 is 14.6 Å². The van der Waals surface area contributed by atoms with Crippen molar-refractivity contribution in [1.82, 2.24) is 10.2 Å². The van der Waals surface area contributed by atoms with Gasteiger partial charge in [0.05, 0.1) is 12.8 Å². The summed E-state index contributed by atoms with van der Waals surface area (Å²) in [6.45, 7) is 9.86. The minimum absolute atomic E-state index is 0.562. The average Bonchev–Trinajstić information content (AvgIpc) is 3.26. The van der Waals surface area contributed by atoms with Crippen molar-refractivity contribution in [3.05, 3.63) is 36.3 Å². The monoisotopic (exact) mass is 315 g/mol. The predicted octanol–water partition coefficient (Wildman–Crippen LogP) is 3.61. The zero-order valence-electron chi connectivity index (χ0n) is 14.3. The average molecular weight is 315 g/mol. The third kappa shape index (κ3) is 4.18. The van der Waals surface area contributed by atoms with E-state index in [-0.39, 0.29) is 0 Å². The first-order valence-electron chi connectivity index (χ1n) is 8.87. The van der Waals surface area contributed by atoms with E-state index in [0.29, 0.717) is 12.0 Å². The highest BCUT2D eigenvalue weighted by molar-refractivity contribution is 5.80. The van der Waals surface area contributed by atoms with Crippen LogP contribution in [0, 0.1) is 5.41 Å². The van der Waals surface area contributed by atoms with Gasteiger partial charge >= 0.3 is 0 Å². The van der Waals surface area contributed by atoms with Crippen LogP contribution in [-0.2, 0) is 6.42 Å². The smallest absolute Gasteiger partial charge is 0.194 e. The second kappa shape index (κ2) is 7.24. The lowest BCUT2D eigenvalue weighted by Gasteiger charge is -2.26. The number of nitrogens with one attached hydrogen (secondary N) is 1. The van der Waals surface area contributed by atoms with Gasteiger partial charge in [0, 0.05) is 26.1 Å². The second-order valence-electron chi connectivity index (χ2n) is 7.23. The van der Waals surface area contributed by atoms with Crippen molar-refractivity contribution in [2.45, 2.75) is 45.4 Å². The van der Waals surface area contributed by atoms with E-state index in [1.807, 2.05) is 19.1 Å². The van der Waals surface area contributed by atoms with Crippen LogP contribution in [-0.4, -0.2) is 37.0 Å². The Balaban J connectivity index is 1.59. The number of rotatable bonds is 5. The Morgan fingerprint density at radius 3 is 2.91 bits per heavy atom. The SMILES string of the molecule is C=C(C)CN=C(NCCc1ccco1)N1CCC2(CCCC2)C1. The summed E-state index contributed by atoms with van der Waals surface area (Å²) in [5, 5.41) is 3.54. The Hall–Kier alpha value is -1.71. The van der Waals surface area contributed by atoms with Crippen LogP contribution in [0.2, 0.25) is 0 Å². The number of hydrogen-bond donors (Lipinski definition) is 1. The Bertz CT molecular complexity index is 541. The molecule has 0 radical (unpaired) electrons. The quantitative estimate of drug-likeness (QED) is 0.513. The molecule has 126 valence electrons. The third-order valence-corrected chi connectivity index (χ3v) is 5.14. The Kier molecular flexibility index (Phi) is 5.09. The molecule has 1 saturated carbocycles. The summed E-state index contributed by atoms with van der Waals surface area (Å²) in [5.41, 5.74) is 1.66. The van der Waals surface area contributed by atoms with Crippen LogP contribution in [0.1, 0.15) is 44.8 Å². The molecule has 1 aromatic rings. The van der Waals surface area contributed by atoms with Crippen LogP contribution in [0.5, 0.6) is 0 Å². The summed E-state index contributed by atoms with van der Waals surface area (Å²) in [5.74, 6) is 2.06. The standard InChI is InChI=1S/C19H29N3O/c1-16(2)14-21-18(20-11-7-17-6-5-13-23-17)22-12-10-19(15-22)8-3-4-9-19/h5-6,13H,1,3-4,7-12,14-15H2,2H3,(H,20,21). The van der Waals surface area contributed by atoms with Gasteiger partial charge in [0.2, 0.25) is 0 Å². The molecule has 3 rings (SSSR count). The largest absolute Gasteiger partial charge is 0.469 e. The molecule has 23 heavy (non-hydrogen) atoms. The maximum absolute atomic E-state index is 5.41. The van der Waals surface area contributed by atoms with Gasteiger partial charge in [0.25, 0.3) is 0 Å². The molecule has 2 fully saturated rings. The molecule has 2 aliphatic rings. The van der Waals surface area contributed by atoms with E-state index < -0.39 is 0 Å². The van der Waals surface area contributed by atoms with Crippen molar-refractivity contribution >= 4 is 5.96 Å². The highest BCUT2D eigenvalue weighted by Gasteiger charge is 2.41. The lowest BCUT2D eigenvalue weighted by atomic mass is 9.86. The zero-order valence-corrected chi connectivity index (χ0v) is 14.3. The number of nitrogens with zero attached hydrogens (tertiary/aromatic N) is 2. The molecule has 0 atom stereocenters. The molecule has 4 nitrogen and oxygen atoms in total. The lowest BCUT2D eigenvalue weighted by molar-refractivity contribution is 0.309. The van der Waals surface area contributed by atoms with Crippen LogP contribution < -0.4 is 5.32 Å². The van der Waals surface area contributed by atoms with Gasteiger partial charge in [-0.3, -0.25) is 0 Å². The molecule has 0 amide bonds. The number of furan rings is 1. The molecule has 1 N–H and O–H groups in total. The van der Waals surface area contributed by atoms with E-state index in [9.17, 15) is 0 Å². The van der Waals surface area contributed by atoms with Crippen molar-refractivity contribution in [3.8, 4) is 0 Å². The van der Waals surface area contributed by atoms with Crippen molar-refractivity contribution in [2.24, 2.45) is 10.4 Å². The van der Waals surface area contributed by atoms with Crippen molar-refractivity contribution in [1.29, 1.82) is 0 Å². The first-order valence-corrected chi connectivity index (χ1v) is 8.87. The van der Waals surface area contributed by atoms with Gasteiger partial charge in [0.15, 0.2) is 5.96 Å². The van der Waals surface area contributed by atoms with E-state index >= 15 is 0 Å². The fraction of sp³-hybridized carbons (Fsp3) is 0.632. The molecule has 1 saturated heterocycles. The fourth-order valence-corrected chi connectivity index (χ4v) is 3.88. The number of guanidine groups is 1. The first kappa shape index (κ1) is 16.2. The molecule has 1 aliphatic heterocycles. The van der Waals surface area contributed by atoms with E-state index in [2.05, 4.69) is 16.8 Å². The van der Waals surface area contributed by atoms with E-state index in [0.717, 1.165) is 43.3 Å². The van der Waals surface area contributed by atoms with Gasteiger partial charge in [-0.15, -0.1) is 0 Å². The van der Waals surface area contributed by atoms with Crippen LogP contribution in [0.15, 0.2) is 40.0 Å². The number of hydrogen-bond acceptors (Lipinski definition) is 2. The second-order valence-corrected chi connectivity index (χ2v) is 7.23. The highest BCUT2D eigenvalue weighted by atomic mass is 16.3. The van der Waals surface area contributed by atoms with Gasteiger partial charge in [-0.1, -0.05) is 25.0 Å². The number of aliphatic imine (C=N–C) groups is 1. The molecule has 0 bridgehead atoms. The Labute approximate surface area is 139 Å². The van der Waals surface area contributed by atoms with Crippen molar-refractivity contribution < 1.29 is 4.42 Å². The van der Waals surface area contributed by atoms with Gasteiger partial charge in [-0.2, -0.15) is 0 Å². The highest BCUT2D eigenvalue weighted by Crippen LogP contribution is 2.45. The number of likely N-dealkylation sites (tertiary alicyclic amines) is 1. The van der Waals surface area contributed by atoms with E-state index in [4.69, 9.17) is 9.41 Å². The molecular weight excluding hydrogens is 286 g/mol. The summed E-state index contributed by atoms with van der Waals surface area (Å²) < 4.78 is 5.41. The fourth-order valence-electron chi connectivity index (χ4n) is 3.88. The molecule has 1 aromatic heterocycles. The summed E-state index contributed by atoms with van der Waals surface area (Å²) in [6, 6.07) is 3.96. The summed E-state index contributed by atoms with van der Waals surface area (Å²) in [4.78, 5) is 7.23. The van der Waals surface area contributed by atoms with E-state index in [1.165, 1.54) is 32.1 Å². The van der Waals surface area contributed by atoms with Crippen molar-refractivity contribution in [2.75, 3.05) is 26.2 Å². The van der Waals surface area contributed by atoms with Crippen molar-refractivity contribution in [3.63, 3.8) is 0 Å². The molecular formula is C19H29N3O. The van der Waals surface area contributed by atoms with Gasteiger partial charge in [-0.05, 0) is 43.7 Å². The molecule has 4 heteroatoms. The molecule has 1 aliphatic carbocycles.